The van der Waals surface area contributed by atoms with Gasteiger partial charge in [-0.05, 0) is 50.3 Å². The van der Waals surface area contributed by atoms with Crippen molar-refractivity contribution >= 4 is 5.69 Å². The van der Waals surface area contributed by atoms with Gasteiger partial charge in [-0.25, -0.2) is 0 Å². The van der Waals surface area contributed by atoms with Crippen LogP contribution in [0.2, 0.25) is 0 Å². The molecule has 1 unspecified atom stereocenters. The minimum absolute atomic E-state index is 0.346. The van der Waals surface area contributed by atoms with Crippen LogP contribution >= 0.6 is 0 Å². The summed E-state index contributed by atoms with van der Waals surface area (Å²) < 4.78 is 0. The van der Waals surface area contributed by atoms with Crippen LogP contribution in [0.4, 0.5) is 5.69 Å². The van der Waals surface area contributed by atoms with E-state index in [0.717, 1.165) is 13.1 Å². The van der Waals surface area contributed by atoms with Crippen LogP contribution in [-0.4, -0.2) is 19.1 Å². The average Bonchev–Trinajstić information content (AvgIpc) is 2.87. The largest absolute Gasteiger partial charge is 0.371 e. The van der Waals surface area contributed by atoms with E-state index in [1.54, 1.807) is 5.56 Å². The molecule has 0 spiro atoms. The number of hydrogen-bond acceptors (Lipinski definition) is 2. The first-order chi connectivity index (χ1) is 10.1. The van der Waals surface area contributed by atoms with E-state index in [9.17, 15) is 0 Å². The van der Waals surface area contributed by atoms with E-state index < -0.39 is 0 Å². The van der Waals surface area contributed by atoms with Crippen molar-refractivity contribution in [1.82, 2.24) is 5.32 Å². The van der Waals surface area contributed by atoms with Crippen molar-refractivity contribution in [3.63, 3.8) is 0 Å². The van der Waals surface area contributed by atoms with Gasteiger partial charge in [0.2, 0.25) is 0 Å². The van der Waals surface area contributed by atoms with Gasteiger partial charge in [-0.15, -0.1) is 0 Å². The highest BCUT2D eigenvalue weighted by molar-refractivity contribution is 5.65. The number of nitrogens with one attached hydrogen (secondary N) is 1. The topological polar surface area (TPSA) is 15.3 Å². The van der Waals surface area contributed by atoms with Crippen molar-refractivity contribution in [3.05, 3.63) is 29.3 Å². The van der Waals surface area contributed by atoms with Gasteiger partial charge < -0.3 is 10.2 Å². The number of hydrogen-bond donors (Lipinski definition) is 1. The Morgan fingerprint density at radius 2 is 1.90 bits per heavy atom. The highest BCUT2D eigenvalue weighted by Gasteiger charge is 2.40. The highest BCUT2D eigenvalue weighted by Crippen LogP contribution is 2.46. The van der Waals surface area contributed by atoms with Gasteiger partial charge in [0.25, 0.3) is 0 Å². The lowest BCUT2D eigenvalue weighted by atomic mass is 9.75. The molecule has 0 fully saturated rings. The summed E-state index contributed by atoms with van der Waals surface area (Å²) in [6.07, 6.45) is 3.64. The molecule has 0 saturated heterocycles. The summed E-state index contributed by atoms with van der Waals surface area (Å²) in [5.74, 6) is 0. The van der Waals surface area contributed by atoms with Crippen molar-refractivity contribution in [1.29, 1.82) is 0 Å². The van der Waals surface area contributed by atoms with Crippen LogP contribution in [0, 0.1) is 0 Å². The molecular formula is C19H32N2. The molecular weight excluding hydrogens is 256 g/mol. The minimum Gasteiger partial charge on any atom is -0.371 e. The van der Waals surface area contributed by atoms with Gasteiger partial charge in [0.15, 0.2) is 0 Å². The standard InChI is InChI=1S/C19H32N2/c1-6-15(5)20-13-16-11-10-12-17-18(16)19(7-2,8-3)14-21(17)9-4/h10-12,15,20H,6-9,13-14H2,1-5H3. The Labute approximate surface area is 130 Å². The number of benzene rings is 1. The van der Waals surface area contributed by atoms with E-state index in [-0.39, 0.29) is 0 Å². The van der Waals surface area contributed by atoms with Crippen LogP contribution in [0.5, 0.6) is 0 Å². The smallest absolute Gasteiger partial charge is 0.0408 e. The first-order valence-electron chi connectivity index (χ1n) is 8.72. The summed E-state index contributed by atoms with van der Waals surface area (Å²) in [4.78, 5) is 2.56. The van der Waals surface area contributed by atoms with Gasteiger partial charge in [-0.1, -0.05) is 32.9 Å². The SMILES string of the molecule is CCC(C)NCc1cccc2c1C(CC)(CC)CN2CC. The monoisotopic (exact) mass is 288 g/mol. The lowest BCUT2D eigenvalue weighted by molar-refractivity contribution is 0.415. The van der Waals surface area contributed by atoms with Crippen LogP contribution in [0.25, 0.3) is 0 Å². The van der Waals surface area contributed by atoms with Crippen LogP contribution in [0.15, 0.2) is 18.2 Å². The lowest BCUT2D eigenvalue weighted by Gasteiger charge is -2.29. The number of nitrogens with zero attached hydrogens (tertiary/aromatic N) is 1. The Bertz CT molecular complexity index is 463. The number of rotatable bonds is 7. The predicted octanol–water partition coefficient (Wildman–Crippen LogP) is 4.47. The molecule has 1 heterocycles. The molecule has 0 bridgehead atoms. The van der Waals surface area contributed by atoms with E-state index in [4.69, 9.17) is 0 Å². The molecule has 1 aromatic rings. The normalized spacial score (nSPS) is 17.9. The van der Waals surface area contributed by atoms with Crippen LogP contribution < -0.4 is 10.2 Å². The summed E-state index contributed by atoms with van der Waals surface area (Å²) in [5, 5.41) is 3.68. The summed E-state index contributed by atoms with van der Waals surface area (Å²) in [6, 6.07) is 7.46. The van der Waals surface area contributed by atoms with E-state index in [1.807, 2.05) is 0 Å². The summed E-state index contributed by atoms with van der Waals surface area (Å²) in [5.41, 5.74) is 4.95. The molecule has 0 saturated carbocycles. The van der Waals surface area contributed by atoms with Crippen molar-refractivity contribution in [2.24, 2.45) is 0 Å². The maximum absolute atomic E-state index is 3.68. The molecule has 21 heavy (non-hydrogen) atoms. The molecule has 2 rings (SSSR count). The number of likely N-dealkylation sites (N-methyl/N-ethyl adjacent to an activating group) is 1. The fourth-order valence-corrected chi connectivity index (χ4v) is 3.68. The predicted molar refractivity (Wildman–Crippen MR) is 93.2 cm³/mol. The molecule has 1 atom stereocenters. The Balaban J connectivity index is 2.39. The second-order valence-electron chi connectivity index (χ2n) is 6.50. The molecule has 0 aromatic heterocycles. The average molecular weight is 288 g/mol. The molecule has 1 aliphatic heterocycles. The van der Waals surface area contributed by atoms with E-state index >= 15 is 0 Å². The molecule has 0 amide bonds. The van der Waals surface area contributed by atoms with Crippen molar-refractivity contribution in [2.45, 2.75) is 71.9 Å². The Morgan fingerprint density at radius 3 is 2.48 bits per heavy atom. The number of fused-ring (bicyclic) bond motifs is 1. The zero-order chi connectivity index (χ0) is 15.5. The van der Waals surface area contributed by atoms with Gasteiger partial charge in [0.1, 0.15) is 0 Å². The van der Waals surface area contributed by atoms with Crippen molar-refractivity contribution in [2.75, 3.05) is 18.0 Å². The zero-order valence-corrected chi connectivity index (χ0v) is 14.5. The minimum atomic E-state index is 0.346. The third-order valence-electron chi connectivity index (χ3n) is 5.48. The third-order valence-corrected chi connectivity index (χ3v) is 5.48. The van der Waals surface area contributed by atoms with Crippen LogP contribution in [-0.2, 0) is 12.0 Å². The van der Waals surface area contributed by atoms with Crippen molar-refractivity contribution in [3.8, 4) is 0 Å². The fourth-order valence-electron chi connectivity index (χ4n) is 3.68. The quantitative estimate of drug-likeness (QED) is 0.796. The summed E-state index contributed by atoms with van der Waals surface area (Å²) in [6.45, 7) is 14.8. The second kappa shape index (κ2) is 6.83. The maximum atomic E-state index is 3.68. The van der Waals surface area contributed by atoms with Crippen LogP contribution in [0.1, 0.15) is 65.0 Å². The Morgan fingerprint density at radius 1 is 1.19 bits per heavy atom. The maximum Gasteiger partial charge on any atom is 0.0408 e. The van der Waals surface area contributed by atoms with Crippen LogP contribution in [0.3, 0.4) is 0 Å². The van der Waals surface area contributed by atoms with E-state index in [0.29, 0.717) is 11.5 Å². The first kappa shape index (κ1) is 16.4. The summed E-state index contributed by atoms with van der Waals surface area (Å²) >= 11 is 0. The second-order valence-corrected chi connectivity index (χ2v) is 6.50. The molecule has 118 valence electrons. The van der Waals surface area contributed by atoms with E-state index in [2.05, 4.69) is 63.0 Å². The van der Waals surface area contributed by atoms with Crippen molar-refractivity contribution < 1.29 is 0 Å². The molecule has 1 aliphatic rings. The molecule has 1 N–H and O–H groups in total. The van der Waals surface area contributed by atoms with Gasteiger partial charge >= 0.3 is 0 Å². The highest BCUT2D eigenvalue weighted by atomic mass is 15.2. The Hall–Kier alpha value is -1.02. The number of anilines is 1. The Kier molecular flexibility index (Phi) is 5.32. The zero-order valence-electron chi connectivity index (χ0n) is 14.5. The third kappa shape index (κ3) is 2.96. The van der Waals surface area contributed by atoms with Gasteiger partial charge in [-0.3, -0.25) is 0 Å². The van der Waals surface area contributed by atoms with Gasteiger partial charge in [0.05, 0.1) is 0 Å². The fraction of sp³-hybridized carbons (Fsp3) is 0.684. The van der Waals surface area contributed by atoms with E-state index in [1.165, 1.54) is 37.1 Å². The molecule has 2 heteroatoms. The first-order valence-corrected chi connectivity index (χ1v) is 8.72. The molecule has 0 aliphatic carbocycles. The summed E-state index contributed by atoms with van der Waals surface area (Å²) in [7, 11) is 0. The lowest BCUT2D eigenvalue weighted by Crippen LogP contribution is -2.33. The molecule has 2 nitrogen and oxygen atoms in total. The molecule has 1 aromatic carbocycles. The molecule has 0 radical (unpaired) electrons. The van der Waals surface area contributed by atoms with Gasteiger partial charge in [0, 0.05) is 36.8 Å². The van der Waals surface area contributed by atoms with Gasteiger partial charge in [-0.2, -0.15) is 0 Å².